The summed E-state index contributed by atoms with van der Waals surface area (Å²) in [6, 6.07) is 0. The Balaban J connectivity index is 1.82. The minimum Gasteiger partial charge on any atom is -0.373 e. The van der Waals surface area contributed by atoms with E-state index in [4.69, 9.17) is 4.74 Å². The summed E-state index contributed by atoms with van der Waals surface area (Å²) in [5, 5.41) is 0. The van der Waals surface area contributed by atoms with E-state index < -0.39 is 0 Å². The largest absolute Gasteiger partial charge is 0.373 e. The van der Waals surface area contributed by atoms with Gasteiger partial charge < -0.3 is 4.74 Å². The van der Waals surface area contributed by atoms with E-state index >= 15 is 0 Å². The van der Waals surface area contributed by atoms with E-state index in [1.54, 1.807) is 0 Å². The van der Waals surface area contributed by atoms with E-state index in [9.17, 15) is 0 Å². The van der Waals surface area contributed by atoms with Crippen molar-refractivity contribution >= 4 is 0 Å². The predicted molar refractivity (Wildman–Crippen MR) is 43.2 cm³/mol. The van der Waals surface area contributed by atoms with Gasteiger partial charge in [0.2, 0.25) is 0 Å². The molecule has 0 amide bonds. The molecular weight excluding hydrogens is 136 g/mol. The fourth-order valence-electron chi connectivity index (χ4n) is 2.71. The first-order valence-electron chi connectivity index (χ1n) is 4.73. The number of hydrogen-bond acceptors (Lipinski definition) is 1. The molecule has 1 heterocycles. The maximum Gasteiger partial charge on any atom is 0.0843 e. The quantitative estimate of drug-likeness (QED) is 0.411. The van der Waals surface area contributed by atoms with Crippen LogP contribution in [0.2, 0.25) is 0 Å². The van der Waals surface area contributed by atoms with Crippen LogP contribution in [0.3, 0.4) is 0 Å². The monoisotopic (exact) mass is 150 g/mol. The molecule has 4 rings (SSSR count). The average molecular weight is 150 g/mol. The third-order valence-corrected chi connectivity index (χ3v) is 3.46. The molecule has 0 aromatic heterocycles. The van der Waals surface area contributed by atoms with Crippen LogP contribution in [-0.2, 0) is 4.74 Å². The fourth-order valence-corrected chi connectivity index (χ4v) is 2.71. The molecule has 2 fully saturated rings. The molecule has 1 saturated carbocycles. The number of ether oxygens (including phenoxy) is 1. The van der Waals surface area contributed by atoms with Gasteiger partial charge in [-0.05, 0) is 37.0 Å². The second-order valence-corrected chi connectivity index (χ2v) is 4.16. The zero-order valence-corrected chi connectivity index (χ0v) is 6.70. The zero-order valence-electron chi connectivity index (χ0n) is 6.70. The highest BCUT2D eigenvalue weighted by Crippen LogP contribution is 2.45. The lowest BCUT2D eigenvalue weighted by atomic mass is 9.68. The number of hydrogen-bond donors (Lipinski definition) is 0. The van der Waals surface area contributed by atoms with Crippen LogP contribution in [0.4, 0.5) is 0 Å². The Bertz CT molecular complexity index is 193. The van der Waals surface area contributed by atoms with Crippen LogP contribution >= 0.6 is 0 Å². The molecule has 3 unspecified atom stereocenters. The molecule has 1 nitrogen and oxygen atoms in total. The highest BCUT2D eigenvalue weighted by Gasteiger charge is 2.42. The molecule has 0 aromatic carbocycles. The van der Waals surface area contributed by atoms with Gasteiger partial charge in [0.05, 0.1) is 12.7 Å². The highest BCUT2D eigenvalue weighted by atomic mass is 16.6. The van der Waals surface area contributed by atoms with Crippen LogP contribution in [0, 0.1) is 17.8 Å². The van der Waals surface area contributed by atoms with Crippen LogP contribution in [0.25, 0.3) is 0 Å². The van der Waals surface area contributed by atoms with Crippen molar-refractivity contribution in [2.75, 3.05) is 6.61 Å². The average Bonchev–Trinajstić information content (AvgIpc) is 2.89. The van der Waals surface area contributed by atoms with Gasteiger partial charge in [0.1, 0.15) is 0 Å². The van der Waals surface area contributed by atoms with Crippen LogP contribution in [-0.4, -0.2) is 12.7 Å². The maximum atomic E-state index is 5.37. The molecule has 1 saturated heterocycles. The van der Waals surface area contributed by atoms with Gasteiger partial charge in [0.15, 0.2) is 0 Å². The van der Waals surface area contributed by atoms with E-state index in [0.29, 0.717) is 6.10 Å². The molecule has 0 aromatic rings. The summed E-state index contributed by atoms with van der Waals surface area (Å²) in [7, 11) is 0. The topological polar surface area (TPSA) is 12.5 Å². The van der Waals surface area contributed by atoms with Crippen molar-refractivity contribution in [3.63, 3.8) is 0 Å². The van der Waals surface area contributed by atoms with Crippen molar-refractivity contribution in [3.8, 4) is 0 Å². The standard InChI is InChI=1S/C10H14O/c1-3-8-4-2-7(1)5-9(8)10-6-11-10/h1,3,7-10H,2,4-6H2/t7?,8?,9?,10-/m1/s1. The molecule has 0 radical (unpaired) electrons. The van der Waals surface area contributed by atoms with Gasteiger partial charge in [-0.15, -0.1) is 0 Å². The second-order valence-electron chi connectivity index (χ2n) is 4.16. The summed E-state index contributed by atoms with van der Waals surface area (Å²) in [5.74, 6) is 2.65. The molecule has 3 aliphatic carbocycles. The number of allylic oxidation sites excluding steroid dienone is 2. The van der Waals surface area contributed by atoms with E-state index in [-0.39, 0.29) is 0 Å². The first-order chi connectivity index (χ1) is 5.43. The van der Waals surface area contributed by atoms with E-state index in [1.165, 1.54) is 19.3 Å². The molecule has 1 aliphatic heterocycles. The Morgan fingerprint density at radius 1 is 1.18 bits per heavy atom. The van der Waals surface area contributed by atoms with Crippen LogP contribution in [0.15, 0.2) is 12.2 Å². The van der Waals surface area contributed by atoms with E-state index in [2.05, 4.69) is 12.2 Å². The van der Waals surface area contributed by atoms with Gasteiger partial charge >= 0.3 is 0 Å². The van der Waals surface area contributed by atoms with Gasteiger partial charge in [0, 0.05) is 0 Å². The van der Waals surface area contributed by atoms with Crippen molar-refractivity contribution < 1.29 is 4.74 Å². The smallest absolute Gasteiger partial charge is 0.0843 e. The van der Waals surface area contributed by atoms with Crippen molar-refractivity contribution in [2.24, 2.45) is 17.8 Å². The summed E-state index contributed by atoms with van der Waals surface area (Å²) in [6.07, 6.45) is 9.77. The van der Waals surface area contributed by atoms with E-state index in [0.717, 1.165) is 24.4 Å². The molecular formula is C10H14O. The highest BCUT2D eigenvalue weighted by molar-refractivity contribution is 5.08. The van der Waals surface area contributed by atoms with Gasteiger partial charge in [-0.3, -0.25) is 0 Å². The van der Waals surface area contributed by atoms with Gasteiger partial charge in [-0.25, -0.2) is 0 Å². The Morgan fingerprint density at radius 3 is 2.55 bits per heavy atom. The first kappa shape index (κ1) is 6.24. The number of fused-ring (bicyclic) bond motifs is 2. The van der Waals surface area contributed by atoms with Crippen molar-refractivity contribution in [3.05, 3.63) is 12.2 Å². The minimum absolute atomic E-state index is 0.646. The summed E-state index contributed by atoms with van der Waals surface area (Å²) in [5.41, 5.74) is 0. The second kappa shape index (κ2) is 2.10. The molecule has 1 heteroatoms. The Morgan fingerprint density at radius 2 is 2.09 bits per heavy atom. The Hall–Kier alpha value is -0.300. The molecule has 2 bridgehead atoms. The summed E-state index contributed by atoms with van der Waals surface area (Å²) < 4.78 is 5.37. The lowest BCUT2D eigenvalue weighted by molar-refractivity contribution is 0.176. The lowest BCUT2D eigenvalue weighted by Crippen LogP contribution is -2.30. The lowest BCUT2D eigenvalue weighted by Gasteiger charge is -2.37. The molecule has 0 spiro atoms. The summed E-state index contributed by atoms with van der Waals surface area (Å²) in [6.45, 7) is 1.04. The third kappa shape index (κ3) is 0.943. The maximum absolute atomic E-state index is 5.37. The van der Waals surface area contributed by atoms with Crippen LogP contribution in [0.1, 0.15) is 19.3 Å². The van der Waals surface area contributed by atoms with Crippen molar-refractivity contribution in [1.29, 1.82) is 0 Å². The normalized spacial score (nSPS) is 53.1. The molecule has 0 N–H and O–H groups in total. The molecule has 4 atom stereocenters. The third-order valence-electron chi connectivity index (χ3n) is 3.46. The van der Waals surface area contributed by atoms with Gasteiger partial charge in [-0.1, -0.05) is 12.2 Å². The number of rotatable bonds is 1. The molecule has 60 valence electrons. The first-order valence-corrected chi connectivity index (χ1v) is 4.73. The van der Waals surface area contributed by atoms with Crippen LogP contribution < -0.4 is 0 Å². The minimum atomic E-state index is 0.646. The SMILES string of the molecule is C1=CC2CCC1CC2[C@H]1CO1. The van der Waals surface area contributed by atoms with Crippen molar-refractivity contribution in [1.82, 2.24) is 0 Å². The fraction of sp³-hybridized carbons (Fsp3) is 0.800. The Labute approximate surface area is 67.4 Å². The Kier molecular flexibility index (Phi) is 1.19. The number of epoxide rings is 1. The van der Waals surface area contributed by atoms with Crippen molar-refractivity contribution in [2.45, 2.75) is 25.4 Å². The zero-order chi connectivity index (χ0) is 7.26. The van der Waals surface area contributed by atoms with Crippen LogP contribution in [0.5, 0.6) is 0 Å². The van der Waals surface area contributed by atoms with Gasteiger partial charge in [-0.2, -0.15) is 0 Å². The molecule has 4 aliphatic rings. The van der Waals surface area contributed by atoms with E-state index in [1.807, 2.05) is 0 Å². The predicted octanol–water partition coefficient (Wildman–Crippen LogP) is 1.99. The van der Waals surface area contributed by atoms with Gasteiger partial charge in [0.25, 0.3) is 0 Å². The summed E-state index contributed by atoms with van der Waals surface area (Å²) >= 11 is 0. The summed E-state index contributed by atoms with van der Waals surface area (Å²) in [4.78, 5) is 0. The molecule has 11 heavy (non-hydrogen) atoms.